The summed E-state index contributed by atoms with van der Waals surface area (Å²) >= 11 is 0. The molecule has 2 aromatic carbocycles. The van der Waals surface area contributed by atoms with Gasteiger partial charge in [-0.3, -0.25) is 14.9 Å². The number of phenols is 1. The fraction of sp³-hybridized carbons (Fsp3) is 0.278. The second kappa shape index (κ2) is 6.90. The molecule has 0 radical (unpaired) electrons. The first-order valence-corrected chi connectivity index (χ1v) is 7.89. The van der Waals surface area contributed by atoms with Gasteiger partial charge in [-0.2, -0.15) is 0 Å². The molecule has 0 aromatic heterocycles. The number of rotatable bonds is 4. The van der Waals surface area contributed by atoms with Crippen LogP contribution in [0.4, 0.5) is 5.69 Å². The standard InChI is InChI=1S/C18H18N2O5/c1-19(11-17-14-5-3-2-4-12(14)8-9-25-17)18(22)13-6-7-15(20(23)24)16(21)10-13/h2-7,10,17,21H,8-9,11H2,1H3/t17-/m1/s1. The van der Waals surface area contributed by atoms with Gasteiger partial charge in [0.1, 0.15) is 6.10 Å². The molecule has 1 aliphatic heterocycles. The highest BCUT2D eigenvalue weighted by Gasteiger charge is 2.25. The van der Waals surface area contributed by atoms with Crippen molar-refractivity contribution >= 4 is 11.6 Å². The van der Waals surface area contributed by atoms with E-state index in [4.69, 9.17) is 4.74 Å². The number of phenolic OH excluding ortho intramolecular Hbond substituents is 1. The number of fused-ring (bicyclic) bond motifs is 1. The molecule has 0 aliphatic carbocycles. The van der Waals surface area contributed by atoms with Gasteiger partial charge in [-0.05, 0) is 29.7 Å². The normalized spacial score (nSPS) is 16.1. The lowest BCUT2D eigenvalue weighted by molar-refractivity contribution is -0.385. The summed E-state index contributed by atoms with van der Waals surface area (Å²) in [6.45, 7) is 0.954. The van der Waals surface area contributed by atoms with E-state index in [0.717, 1.165) is 24.1 Å². The zero-order chi connectivity index (χ0) is 18.0. The molecule has 0 fully saturated rings. The van der Waals surface area contributed by atoms with Crippen LogP contribution >= 0.6 is 0 Å². The second-order valence-corrected chi connectivity index (χ2v) is 5.95. The number of carbonyl (C=O) groups is 1. The van der Waals surface area contributed by atoms with E-state index in [9.17, 15) is 20.0 Å². The highest BCUT2D eigenvalue weighted by atomic mass is 16.6. The average molecular weight is 342 g/mol. The smallest absolute Gasteiger partial charge is 0.310 e. The molecule has 0 bridgehead atoms. The first-order chi connectivity index (χ1) is 12.0. The topological polar surface area (TPSA) is 92.9 Å². The summed E-state index contributed by atoms with van der Waals surface area (Å²) in [5, 5.41) is 20.5. The molecule has 1 atom stereocenters. The fourth-order valence-corrected chi connectivity index (χ4v) is 2.99. The van der Waals surface area contributed by atoms with E-state index in [2.05, 4.69) is 6.07 Å². The van der Waals surface area contributed by atoms with Crippen LogP contribution in [0.25, 0.3) is 0 Å². The Kier molecular flexibility index (Phi) is 4.67. The molecule has 0 unspecified atom stereocenters. The van der Waals surface area contributed by atoms with Crippen molar-refractivity contribution < 1.29 is 19.6 Å². The fourth-order valence-electron chi connectivity index (χ4n) is 2.99. The number of aromatic hydroxyl groups is 1. The molecule has 1 N–H and O–H groups in total. The minimum Gasteiger partial charge on any atom is -0.502 e. The van der Waals surface area contributed by atoms with Crippen molar-refractivity contribution in [2.75, 3.05) is 20.2 Å². The Labute approximate surface area is 144 Å². The van der Waals surface area contributed by atoms with E-state index in [1.165, 1.54) is 16.5 Å². The number of hydrogen-bond donors (Lipinski definition) is 1. The molecule has 0 spiro atoms. The van der Waals surface area contributed by atoms with Crippen molar-refractivity contribution in [3.8, 4) is 5.75 Å². The Morgan fingerprint density at radius 3 is 2.84 bits per heavy atom. The molecule has 3 rings (SSSR count). The maximum atomic E-state index is 12.6. The van der Waals surface area contributed by atoms with Crippen LogP contribution in [0.1, 0.15) is 27.6 Å². The van der Waals surface area contributed by atoms with E-state index in [1.54, 1.807) is 7.05 Å². The highest BCUT2D eigenvalue weighted by molar-refractivity contribution is 5.94. The van der Waals surface area contributed by atoms with E-state index < -0.39 is 16.4 Å². The Hall–Kier alpha value is -2.93. The van der Waals surface area contributed by atoms with Crippen molar-refractivity contribution in [1.82, 2.24) is 4.90 Å². The largest absolute Gasteiger partial charge is 0.502 e. The molecule has 25 heavy (non-hydrogen) atoms. The predicted octanol–water partition coefficient (Wildman–Crippen LogP) is 2.69. The van der Waals surface area contributed by atoms with Gasteiger partial charge < -0.3 is 14.7 Å². The van der Waals surface area contributed by atoms with Gasteiger partial charge in [0.25, 0.3) is 5.91 Å². The van der Waals surface area contributed by atoms with Gasteiger partial charge in [0.2, 0.25) is 0 Å². The third-order valence-corrected chi connectivity index (χ3v) is 4.30. The van der Waals surface area contributed by atoms with Crippen LogP contribution in [0.3, 0.4) is 0 Å². The number of nitro benzene ring substituents is 1. The first kappa shape index (κ1) is 16.9. The summed E-state index contributed by atoms with van der Waals surface area (Å²) in [6.07, 6.45) is 0.631. The van der Waals surface area contributed by atoms with Gasteiger partial charge in [0.05, 0.1) is 18.1 Å². The number of amides is 1. The number of nitrogens with zero attached hydrogens (tertiary/aromatic N) is 2. The summed E-state index contributed by atoms with van der Waals surface area (Å²) in [7, 11) is 1.64. The molecule has 7 nitrogen and oxygen atoms in total. The highest BCUT2D eigenvalue weighted by Crippen LogP contribution is 2.29. The van der Waals surface area contributed by atoms with E-state index in [0.29, 0.717) is 13.2 Å². The van der Waals surface area contributed by atoms with Gasteiger partial charge in [0, 0.05) is 18.7 Å². The van der Waals surface area contributed by atoms with Crippen LogP contribution in [0, 0.1) is 10.1 Å². The summed E-state index contributed by atoms with van der Waals surface area (Å²) < 4.78 is 5.80. The van der Waals surface area contributed by atoms with Crippen molar-refractivity contribution in [2.45, 2.75) is 12.5 Å². The summed E-state index contributed by atoms with van der Waals surface area (Å²) in [6, 6.07) is 11.6. The van der Waals surface area contributed by atoms with Crippen LogP contribution < -0.4 is 0 Å². The lowest BCUT2D eigenvalue weighted by Crippen LogP contribution is -2.33. The van der Waals surface area contributed by atoms with E-state index >= 15 is 0 Å². The van der Waals surface area contributed by atoms with Crippen LogP contribution in [-0.2, 0) is 11.2 Å². The van der Waals surface area contributed by atoms with Crippen LogP contribution in [0.15, 0.2) is 42.5 Å². The molecule has 0 saturated carbocycles. The molecular formula is C18H18N2O5. The van der Waals surface area contributed by atoms with Crippen molar-refractivity contribution in [1.29, 1.82) is 0 Å². The number of ether oxygens (including phenoxy) is 1. The van der Waals surface area contributed by atoms with Gasteiger partial charge in [-0.25, -0.2) is 0 Å². The van der Waals surface area contributed by atoms with E-state index in [1.807, 2.05) is 18.2 Å². The molecule has 1 aliphatic rings. The number of nitro groups is 1. The molecule has 1 heterocycles. The average Bonchev–Trinajstić information content (AvgIpc) is 2.61. The Balaban J connectivity index is 1.76. The maximum absolute atomic E-state index is 12.6. The van der Waals surface area contributed by atoms with Crippen molar-refractivity contribution in [3.05, 3.63) is 69.3 Å². The lowest BCUT2D eigenvalue weighted by atomic mass is 9.97. The number of benzene rings is 2. The van der Waals surface area contributed by atoms with Crippen LogP contribution in [0.5, 0.6) is 5.75 Å². The van der Waals surface area contributed by atoms with Gasteiger partial charge in [-0.15, -0.1) is 0 Å². The summed E-state index contributed by atoms with van der Waals surface area (Å²) in [5.74, 6) is -0.861. The summed E-state index contributed by atoms with van der Waals surface area (Å²) in [5.41, 5.74) is 2.05. The summed E-state index contributed by atoms with van der Waals surface area (Å²) in [4.78, 5) is 24.1. The molecule has 0 saturated heterocycles. The van der Waals surface area contributed by atoms with Crippen molar-refractivity contribution in [2.24, 2.45) is 0 Å². The van der Waals surface area contributed by atoms with Crippen molar-refractivity contribution in [3.63, 3.8) is 0 Å². The SMILES string of the molecule is CN(C[C@H]1OCCc2ccccc21)C(=O)c1ccc([N+](=O)[O-])c(O)c1. The Bertz CT molecular complexity index is 821. The Morgan fingerprint density at radius 1 is 1.36 bits per heavy atom. The predicted molar refractivity (Wildman–Crippen MR) is 90.6 cm³/mol. The van der Waals surface area contributed by atoms with Gasteiger partial charge in [-0.1, -0.05) is 24.3 Å². The zero-order valence-corrected chi connectivity index (χ0v) is 13.7. The monoisotopic (exact) mass is 342 g/mol. The number of hydrogen-bond acceptors (Lipinski definition) is 5. The number of likely N-dealkylation sites (N-methyl/N-ethyl adjacent to an activating group) is 1. The van der Waals surface area contributed by atoms with Gasteiger partial charge in [0.15, 0.2) is 5.75 Å². The minimum atomic E-state index is -0.694. The Morgan fingerprint density at radius 2 is 2.12 bits per heavy atom. The molecular weight excluding hydrogens is 324 g/mol. The number of carbonyl (C=O) groups excluding carboxylic acids is 1. The van der Waals surface area contributed by atoms with Crippen LogP contribution in [-0.4, -0.2) is 41.0 Å². The second-order valence-electron chi connectivity index (χ2n) is 5.95. The molecule has 1 amide bonds. The molecule has 7 heteroatoms. The van der Waals surface area contributed by atoms with Gasteiger partial charge >= 0.3 is 5.69 Å². The first-order valence-electron chi connectivity index (χ1n) is 7.89. The molecule has 2 aromatic rings. The third-order valence-electron chi connectivity index (χ3n) is 4.30. The molecule has 130 valence electrons. The quantitative estimate of drug-likeness (QED) is 0.681. The third kappa shape index (κ3) is 3.46. The van der Waals surface area contributed by atoms with E-state index in [-0.39, 0.29) is 17.6 Å². The zero-order valence-electron chi connectivity index (χ0n) is 13.7. The lowest BCUT2D eigenvalue weighted by Gasteiger charge is -2.29. The minimum absolute atomic E-state index is 0.190. The maximum Gasteiger partial charge on any atom is 0.310 e. The van der Waals surface area contributed by atoms with Crippen LogP contribution in [0.2, 0.25) is 0 Å².